The maximum atomic E-state index is 12.7. The zero-order valence-corrected chi connectivity index (χ0v) is 20.5. The van der Waals surface area contributed by atoms with Crippen molar-refractivity contribution >= 4 is 37.6 Å². The molecule has 2 aromatic rings. The SMILES string of the molecule is CCCCOC(=O)C(CCOS(=O)(=O)c1ccccc1[N+](=O)[O-])OS(=O)(=O)c1ccccc1[N+](=O)[O-]. The maximum Gasteiger partial charge on any atom is 0.336 e. The Morgan fingerprint density at radius 1 is 0.861 bits per heavy atom. The van der Waals surface area contributed by atoms with Crippen LogP contribution in [-0.2, 0) is 38.1 Å². The molecule has 0 saturated heterocycles. The zero-order chi connectivity index (χ0) is 26.9. The molecule has 0 aliphatic rings. The van der Waals surface area contributed by atoms with Crippen LogP contribution >= 0.6 is 0 Å². The lowest BCUT2D eigenvalue weighted by Crippen LogP contribution is -2.31. The van der Waals surface area contributed by atoms with Crippen molar-refractivity contribution in [3.05, 3.63) is 68.8 Å². The number of para-hydroxylation sites is 2. The summed E-state index contributed by atoms with van der Waals surface area (Å²) in [5.41, 5.74) is -1.55. The number of hydrogen-bond donors (Lipinski definition) is 0. The first-order valence-corrected chi connectivity index (χ1v) is 13.2. The number of nitrogens with zero attached hydrogens (tertiary/aromatic N) is 2. The van der Waals surface area contributed by atoms with Gasteiger partial charge in [-0.3, -0.25) is 28.6 Å². The number of hydrogen-bond acceptors (Lipinski definition) is 12. The minimum Gasteiger partial charge on any atom is -0.464 e. The van der Waals surface area contributed by atoms with Gasteiger partial charge in [-0.25, -0.2) is 4.79 Å². The van der Waals surface area contributed by atoms with Crippen LogP contribution in [0.2, 0.25) is 0 Å². The first-order chi connectivity index (χ1) is 16.9. The molecule has 0 heterocycles. The van der Waals surface area contributed by atoms with E-state index in [1.165, 1.54) is 24.3 Å². The van der Waals surface area contributed by atoms with E-state index in [-0.39, 0.29) is 6.61 Å². The monoisotopic (exact) mass is 546 g/mol. The summed E-state index contributed by atoms with van der Waals surface area (Å²) in [4.78, 5) is 31.4. The van der Waals surface area contributed by atoms with Gasteiger partial charge in [-0.2, -0.15) is 16.8 Å². The van der Waals surface area contributed by atoms with Crippen molar-refractivity contribution in [1.29, 1.82) is 0 Å². The molecular formula is C20H22N2O12S2. The lowest BCUT2D eigenvalue weighted by molar-refractivity contribution is -0.388. The fourth-order valence-electron chi connectivity index (χ4n) is 2.79. The van der Waals surface area contributed by atoms with E-state index in [0.29, 0.717) is 12.8 Å². The Bertz CT molecular complexity index is 1330. The molecule has 196 valence electrons. The topological polar surface area (TPSA) is 199 Å². The molecule has 36 heavy (non-hydrogen) atoms. The van der Waals surface area contributed by atoms with Gasteiger partial charge in [0, 0.05) is 18.6 Å². The first-order valence-electron chi connectivity index (χ1n) is 10.4. The van der Waals surface area contributed by atoms with E-state index in [1.807, 2.05) is 6.92 Å². The van der Waals surface area contributed by atoms with E-state index < -0.39 is 76.3 Å². The molecule has 2 aromatic carbocycles. The Morgan fingerprint density at radius 3 is 1.86 bits per heavy atom. The van der Waals surface area contributed by atoms with E-state index in [4.69, 9.17) is 13.1 Å². The Balaban J connectivity index is 2.26. The highest BCUT2D eigenvalue weighted by Gasteiger charge is 2.34. The summed E-state index contributed by atoms with van der Waals surface area (Å²) in [5.74, 6) is -1.17. The van der Waals surface area contributed by atoms with Crippen LogP contribution in [0.25, 0.3) is 0 Å². The normalized spacial score (nSPS) is 12.6. The fraction of sp³-hybridized carbons (Fsp3) is 0.350. The number of benzene rings is 2. The van der Waals surface area contributed by atoms with Crippen LogP contribution in [0.4, 0.5) is 11.4 Å². The van der Waals surface area contributed by atoms with Gasteiger partial charge in [-0.05, 0) is 18.6 Å². The van der Waals surface area contributed by atoms with Crippen LogP contribution in [0, 0.1) is 20.2 Å². The average molecular weight is 547 g/mol. The fourth-order valence-corrected chi connectivity index (χ4v) is 5.10. The molecule has 1 unspecified atom stereocenters. The standard InChI is InChI=1S/C20H22N2O12S2/c1-2-3-13-32-20(23)17(34-36(30,31)19-11-7-5-9-16(19)22(26)27)12-14-33-35(28,29)18-10-6-4-8-15(18)21(24)25/h4-11,17H,2-3,12-14H2,1H3. The van der Waals surface area contributed by atoms with Crippen molar-refractivity contribution in [2.24, 2.45) is 0 Å². The zero-order valence-electron chi connectivity index (χ0n) is 18.8. The molecule has 0 amide bonds. The maximum absolute atomic E-state index is 12.7. The highest BCUT2D eigenvalue weighted by molar-refractivity contribution is 7.87. The van der Waals surface area contributed by atoms with Crippen molar-refractivity contribution in [3.8, 4) is 0 Å². The van der Waals surface area contributed by atoms with Gasteiger partial charge in [-0.1, -0.05) is 37.6 Å². The minimum absolute atomic E-state index is 0.0872. The molecule has 14 nitrogen and oxygen atoms in total. The summed E-state index contributed by atoms with van der Waals surface area (Å²) < 4.78 is 65.0. The predicted molar refractivity (Wildman–Crippen MR) is 122 cm³/mol. The Labute approximate surface area is 206 Å². The lowest BCUT2D eigenvalue weighted by Gasteiger charge is -2.17. The quantitative estimate of drug-likeness (QED) is 0.110. The number of nitro groups is 2. The molecular weight excluding hydrogens is 524 g/mol. The van der Waals surface area contributed by atoms with Crippen molar-refractivity contribution < 1.29 is 44.6 Å². The van der Waals surface area contributed by atoms with E-state index in [1.54, 1.807) is 0 Å². The van der Waals surface area contributed by atoms with Crippen LogP contribution in [0.15, 0.2) is 58.3 Å². The van der Waals surface area contributed by atoms with Gasteiger partial charge in [0.1, 0.15) is 0 Å². The Hall–Kier alpha value is -3.47. The lowest BCUT2D eigenvalue weighted by atomic mass is 10.3. The Kier molecular flexibility index (Phi) is 9.97. The third-order valence-electron chi connectivity index (χ3n) is 4.53. The molecule has 0 N–H and O–H groups in total. The van der Waals surface area contributed by atoms with Crippen molar-refractivity contribution in [3.63, 3.8) is 0 Å². The van der Waals surface area contributed by atoms with Gasteiger partial charge in [0.05, 0.1) is 23.1 Å². The van der Waals surface area contributed by atoms with Crippen LogP contribution in [0.1, 0.15) is 26.2 Å². The predicted octanol–water partition coefficient (Wildman–Crippen LogP) is 2.72. The van der Waals surface area contributed by atoms with Gasteiger partial charge in [0.15, 0.2) is 15.9 Å². The number of nitro benzene ring substituents is 2. The van der Waals surface area contributed by atoms with Gasteiger partial charge >= 0.3 is 26.2 Å². The average Bonchev–Trinajstić information content (AvgIpc) is 2.83. The smallest absolute Gasteiger partial charge is 0.336 e. The highest BCUT2D eigenvalue weighted by atomic mass is 32.2. The summed E-state index contributed by atoms with van der Waals surface area (Å²) in [5, 5.41) is 22.3. The molecule has 0 saturated carbocycles. The third-order valence-corrected chi connectivity index (χ3v) is 7.26. The van der Waals surface area contributed by atoms with Crippen molar-refractivity contribution in [1.82, 2.24) is 0 Å². The molecule has 2 rings (SSSR count). The van der Waals surface area contributed by atoms with Crippen molar-refractivity contribution in [2.75, 3.05) is 13.2 Å². The number of carbonyl (C=O) groups is 1. The molecule has 0 spiro atoms. The van der Waals surface area contributed by atoms with Crippen molar-refractivity contribution in [2.45, 2.75) is 42.1 Å². The van der Waals surface area contributed by atoms with Gasteiger partial charge in [0.2, 0.25) is 0 Å². The molecule has 0 radical (unpaired) electrons. The van der Waals surface area contributed by atoms with Gasteiger partial charge in [-0.15, -0.1) is 0 Å². The van der Waals surface area contributed by atoms with E-state index in [9.17, 15) is 41.9 Å². The van der Waals surface area contributed by atoms with Crippen LogP contribution in [-0.4, -0.2) is 52.0 Å². The van der Waals surface area contributed by atoms with E-state index in [2.05, 4.69) is 0 Å². The number of esters is 1. The molecule has 1 atom stereocenters. The minimum atomic E-state index is -4.88. The van der Waals surface area contributed by atoms with E-state index >= 15 is 0 Å². The third kappa shape index (κ3) is 7.51. The summed E-state index contributed by atoms with van der Waals surface area (Å²) >= 11 is 0. The second kappa shape index (κ2) is 12.5. The van der Waals surface area contributed by atoms with Crippen LogP contribution < -0.4 is 0 Å². The highest BCUT2D eigenvalue weighted by Crippen LogP contribution is 2.27. The summed E-state index contributed by atoms with van der Waals surface area (Å²) in [6.07, 6.45) is -1.51. The van der Waals surface area contributed by atoms with Crippen LogP contribution in [0.5, 0.6) is 0 Å². The molecule has 0 bridgehead atoms. The molecule has 0 aliphatic heterocycles. The Morgan fingerprint density at radius 2 is 1.36 bits per heavy atom. The number of rotatable bonds is 14. The second-order valence-corrected chi connectivity index (χ2v) is 10.2. The molecule has 16 heteroatoms. The number of carbonyl (C=O) groups excluding carboxylic acids is 1. The summed E-state index contributed by atoms with van der Waals surface area (Å²) in [7, 11) is -9.56. The van der Waals surface area contributed by atoms with Crippen LogP contribution in [0.3, 0.4) is 0 Å². The summed E-state index contributed by atoms with van der Waals surface area (Å²) in [6.45, 7) is 0.896. The van der Waals surface area contributed by atoms with Gasteiger partial charge in [0.25, 0.3) is 11.4 Å². The molecule has 0 aliphatic carbocycles. The van der Waals surface area contributed by atoms with E-state index in [0.717, 1.165) is 24.3 Å². The molecule has 0 fully saturated rings. The largest absolute Gasteiger partial charge is 0.464 e. The second-order valence-electron chi connectivity index (χ2n) is 7.07. The molecule has 0 aromatic heterocycles. The van der Waals surface area contributed by atoms with Gasteiger partial charge < -0.3 is 4.74 Å². The summed E-state index contributed by atoms with van der Waals surface area (Å²) in [6, 6.07) is 8.65. The number of ether oxygens (including phenoxy) is 1. The number of unbranched alkanes of at least 4 members (excludes halogenated alkanes) is 1. The first kappa shape index (κ1) is 28.8.